The molecule has 0 N–H and O–H groups in total. The number of hydrogen-bond donors (Lipinski definition) is 0. The highest BCUT2D eigenvalue weighted by Gasteiger charge is 2.47. The minimum absolute atomic E-state index is 0.126. The number of methoxy groups -OCH3 is 2. The second kappa shape index (κ2) is 17.6. The number of carbonyl (C=O) groups excluding carboxylic acids is 2. The molecule has 6 aromatic carbocycles. The van der Waals surface area contributed by atoms with Crippen molar-refractivity contribution in [2.24, 2.45) is 0 Å². The largest absolute Gasteiger partial charge is 0.496 e. The molecule has 0 fully saturated rings. The summed E-state index contributed by atoms with van der Waals surface area (Å²) in [6.45, 7) is 0.252. The maximum atomic E-state index is 14.3. The smallest absolute Gasteiger partial charge is 0.419 e. The van der Waals surface area contributed by atoms with E-state index in [1.807, 2.05) is 109 Å². The molecule has 0 saturated heterocycles. The highest BCUT2D eigenvalue weighted by Crippen LogP contribution is 2.41. The van der Waals surface area contributed by atoms with E-state index in [-0.39, 0.29) is 26.1 Å². The van der Waals surface area contributed by atoms with Gasteiger partial charge in [0, 0.05) is 23.6 Å². The molecule has 2 atom stereocenters. The molecule has 0 radical (unpaired) electrons. The van der Waals surface area contributed by atoms with Crippen LogP contribution in [0.5, 0.6) is 23.0 Å². The molecule has 0 spiro atoms. The van der Waals surface area contributed by atoms with Gasteiger partial charge in [0.2, 0.25) is 0 Å². The summed E-state index contributed by atoms with van der Waals surface area (Å²) in [4.78, 5) is 32.0. The van der Waals surface area contributed by atoms with E-state index in [0.29, 0.717) is 34.1 Å². The Morgan fingerprint density at radius 1 is 0.464 bits per heavy atom. The van der Waals surface area contributed by atoms with Gasteiger partial charge in [0.05, 0.1) is 38.6 Å². The standard InChI is InChI=1S/C46H48N2O8/c1-47(2)45(37-23-11-13-25-41(37)51-5,29-31-53-39-27-15-19-33-17-7-9-21-35(33)39)55-43(49)44(50)56-46(48(3)4,38-24-12-14-26-42(38)52-6)30-32-54-40-28-16-20-34-18-8-10-22-36(34)40/h7-28H,29-32H2,1-6H3. The molecule has 290 valence electrons. The molecule has 0 aliphatic carbocycles. The van der Waals surface area contributed by atoms with Crippen molar-refractivity contribution >= 4 is 33.5 Å². The monoisotopic (exact) mass is 756 g/mol. The lowest BCUT2D eigenvalue weighted by molar-refractivity contribution is -0.212. The number of carbonyl (C=O) groups is 2. The Morgan fingerprint density at radius 3 is 1.20 bits per heavy atom. The maximum absolute atomic E-state index is 14.3. The van der Waals surface area contributed by atoms with Crippen LogP contribution in [0, 0.1) is 0 Å². The Morgan fingerprint density at radius 2 is 0.804 bits per heavy atom. The van der Waals surface area contributed by atoms with Gasteiger partial charge < -0.3 is 28.4 Å². The molecule has 0 aliphatic heterocycles. The molecular weight excluding hydrogens is 709 g/mol. The van der Waals surface area contributed by atoms with Crippen molar-refractivity contribution < 1.29 is 38.0 Å². The van der Waals surface area contributed by atoms with Crippen LogP contribution in [0.25, 0.3) is 21.5 Å². The number of rotatable bonds is 16. The fourth-order valence-electron chi connectivity index (χ4n) is 7.16. The molecule has 10 nitrogen and oxygen atoms in total. The Bertz CT molecular complexity index is 2120. The molecule has 0 bridgehead atoms. The van der Waals surface area contributed by atoms with Crippen LogP contribution in [-0.2, 0) is 30.5 Å². The summed E-state index contributed by atoms with van der Waals surface area (Å²) in [5.74, 6) is -0.110. The zero-order valence-corrected chi connectivity index (χ0v) is 32.7. The highest BCUT2D eigenvalue weighted by molar-refractivity contribution is 6.30. The van der Waals surface area contributed by atoms with Crippen LogP contribution in [0.4, 0.5) is 0 Å². The van der Waals surface area contributed by atoms with Gasteiger partial charge in [0.1, 0.15) is 23.0 Å². The van der Waals surface area contributed by atoms with Gasteiger partial charge in [0.25, 0.3) is 0 Å². The topological polar surface area (TPSA) is 96.0 Å². The summed E-state index contributed by atoms with van der Waals surface area (Å²) in [5, 5.41) is 3.96. The van der Waals surface area contributed by atoms with E-state index in [9.17, 15) is 9.59 Å². The van der Waals surface area contributed by atoms with Gasteiger partial charge in [-0.2, -0.15) is 0 Å². The molecule has 10 heteroatoms. The summed E-state index contributed by atoms with van der Waals surface area (Å²) < 4.78 is 36.9. The normalized spacial score (nSPS) is 13.5. The lowest BCUT2D eigenvalue weighted by atomic mass is 9.96. The summed E-state index contributed by atoms with van der Waals surface area (Å²) in [6, 6.07) is 42.0. The first kappa shape index (κ1) is 39.6. The number of para-hydroxylation sites is 2. The molecule has 6 aromatic rings. The van der Waals surface area contributed by atoms with Crippen LogP contribution < -0.4 is 18.9 Å². The third-order valence-electron chi connectivity index (χ3n) is 10.1. The Hall–Kier alpha value is -6.10. The lowest BCUT2D eigenvalue weighted by Crippen LogP contribution is -2.51. The molecule has 6 rings (SSSR count). The van der Waals surface area contributed by atoms with Gasteiger partial charge in [-0.3, -0.25) is 9.80 Å². The number of benzene rings is 6. The van der Waals surface area contributed by atoms with Crippen LogP contribution in [0.3, 0.4) is 0 Å². The Kier molecular flexibility index (Phi) is 12.4. The van der Waals surface area contributed by atoms with Crippen LogP contribution in [-0.4, -0.2) is 77.4 Å². The number of nitrogens with zero attached hydrogens (tertiary/aromatic N) is 2. The van der Waals surface area contributed by atoms with E-state index in [2.05, 4.69) is 0 Å². The van der Waals surface area contributed by atoms with E-state index in [1.54, 1.807) is 76.5 Å². The first-order valence-electron chi connectivity index (χ1n) is 18.4. The summed E-state index contributed by atoms with van der Waals surface area (Å²) in [7, 11) is 10.2. The molecule has 0 aromatic heterocycles. The van der Waals surface area contributed by atoms with E-state index in [4.69, 9.17) is 28.4 Å². The first-order valence-corrected chi connectivity index (χ1v) is 18.4. The van der Waals surface area contributed by atoms with E-state index < -0.39 is 23.4 Å². The predicted molar refractivity (Wildman–Crippen MR) is 217 cm³/mol. The molecule has 0 aliphatic rings. The maximum Gasteiger partial charge on any atom is 0.419 e. The zero-order valence-electron chi connectivity index (χ0n) is 32.7. The van der Waals surface area contributed by atoms with E-state index in [1.165, 1.54) is 0 Å². The predicted octanol–water partition coefficient (Wildman–Crippen LogP) is 8.16. The van der Waals surface area contributed by atoms with Gasteiger partial charge in [-0.15, -0.1) is 0 Å². The van der Waals surface area contributed by atoms with Crippen molar-refractivity contribution in [2.75, 3.05) is 55.6 Å². The quantitative estimate of drug-likeness (QED) is 0.0547. The van der Waals surface area contributed by atoms with E-state index >= 15 is 0 Å². The van der Waals surface area contributed by atoms with Crippen LogP contribution in [0.1, 0.15) is 24.0 Å². The zero-order chi connectivity index (χ0) is 39.7. The number of fused-ring (bicyclic) bond motifs is 2. The van der Waals surface area contributed by atoms with Crippen molar-refractivity contribution in [1.29, 1.82) is 0 Å². The van der Waals surface area contributed by atoms with Crippen molar-refractivity contribution in [1.82, 2.24) is 9.80 Å². The van der Waals surface area contributed by atoms with Gasteiger partial charge in [-0.1, -0.05) is 97.1 Å². The van der Waals surface area contributed by atoms with Crippen molar-refractivity contribution in [3.63, 3.8) is 0 Å². The second-order valence-electron chi connectivity index (χ2n) is 13.7. The van der Waals surface area contributed by atoms with Gasteiger partial charge in [-0.25, -0.2) is 9.59 Å². The van der Waals surface area contributed by atoms with E-state index in [0.717, 1.165) is 21.5 Å². The highest BCUT2D eigenvalue weighted by atomic mass is 16.6. The molecule has 0 amide bonds. The second-order valence-corrected chi connectivity index (χ2v) is 13.7. The van der Waals surface area contributed by atoms with Crippen LogP contribution in [0.2, 0.25) is 0 Å². The number of esters is 2. The molecule has 0 heterocycles. The third-order valence-corrected chi connectivity index (χ3v) is 10.1. The number of hydrogen-bond acceptors (Lipinski definition) is 10. The first-order chi connectivity index (χ1) is 27.1. The lowest BCUT2D eigenvalue weighted by Gasteiger charge is -2.41. The summed E-state index contributed by atoms with van der Waals surface area (Å²) in [5.41, 5.74) is -1.98. The van der Waals surface area contributed by atoms with Gasteiger partial charge >= 0.3 is 11.9 Å². The summed E-state index contributed by atoms with van der Waals surface area (Å²) in [6.07, 6.45) is 0.264. The number of ether oxygens (including phenoxy) is 6. The van der Waals surface area contributed by atoms with Crippen LogP contribution >= 0.6 is 0 Å². The fraction of sp³-hybridized carbons (Fsp3) is 0.261. The molecule has 0 saturated carbocycles. The van der Waals surface area contributed by atoms with Crippen molar-refractivity contribution in [2.45, 2.75) is 24.3 Å². The van der Waals surface area contributed by atoms with Crippen molar-refractivity contribution in [3.05, 3.63) is 145 Å². The average molecular weight is 757 g/mol. The minimum atomic E-state index is -1.52. The SMILES string of the molecule is COc1ccccc1C(CCOc1cccc2ccccc12)(OC(=O)C(=O)OC(CCOc1cccc2ccccc12)(c1ccccc1OC)N(C)C)N(C)C. The molecule has 56 heavy (non-hydrogen) atoms. The molecular formula is C46H48N2O8. The average Bonchev–Trinajstić information content (AvgIpc) is 3.22. The fourth-order valence-corrected chi connectivity index (χ4v) is 7.16. The summed E-state index contributed by atoms with van der Waals surface area (Å²) >= 11 is 0. The van der Waals surface area contributed by atoms with Gasteiger partial charge in [0.15, 0.2) is 11.4 Å². The Labute approximate surface area is 328 Å². The Balaban J connectivity index is 1.32. The van der Waals surface area contributed by atoms with Crippen molar-refractivity contribution in [3.8, 4) is 23.0 Å². The molecule has 2 unspecified atom stereocenters. The third kappa shape index (κ3) is 8.12. The van der Waals surface area contributed by atoms with Crippen LogP contribution in [0.15, 0.2) is 133 Å². The minimum Gasteiger partial charge on any atom is -0.496 e. The van der Waals surface area contributed by atoms with Gasteiger partial charge in [-0.05, 0) is 75.4 Å².